The smallest absolute Gasteiger partial charge is 0.481 e. The average molecular weight is 156 g/mol. The van der Waals surface area contributed by atoms with Gasteiger partial charge in [0.2, 0.25) is 0 Å². The van der Waals surface area contributed by atoms with Crippen molar-refractivity contribution in [1.82, 2.24) is 0 Å². The van der Waals surface area contributed by atoms with Crippen LogP contribution in [-0.2, 0) is 4.79 Å². The number of hydrogen-bond donors (Lipinski definition) is 1. The first-order valence-corrected chi connectivity index (χ1v) is 5.43. The summed E-state index contributed by atoms with van der Waals surface area (Å²) in [6.07, 6.45) is 0. The van der Waals surface area contributed by atoms with Gasteiger partial charge >= 0.3 is 29.6 Å². The predicted octanol–water partition coefficient (Wildman–Crippen LogP) is -1.53. The third-order valence-corrected chi connectivity index (χ3v) is 0. The summed E-state index contributed by atoms with van der Waals surface area (Å²) in [7, 11) is 0.120. The summed E-state index contributed by atoms with van der Waals surface area (Å²) in [5, 5.41) is 7.42. The molecule has 0 radical (unpaired) electrons. The van der Waals surface area contributed by atoms with Crippen LogP contribution in [0.3, 0.4) is 0 Å². The van der Waals surface area contributed by atoms with E-state index in [1.165, 1.54) is 0 Å². The van der Waals surface area contributed by atoms with Gasteiger partial charge in [0.05, 0.1) is 0 Å². The number of carboxylic acid groups (broad SMARTS) is 1. The van der Waals surface area contributed by atoms with Crippen LogP contribution in [0.1, 0.15) is 6.92 Å². The topological polar surface area (TPSA) is 37.3 Å². The molecule has 0 unspecified atom stereocenters. The molecule has 9 heavy (non-hydrogen) atoms. The predicted molar refractivity (Wildman–Crippen MR) is 36.7 cm³/mol. The van der Waals surface area contributed by atoms with Crippen molar-refractivity contribution in [3.8, 4) is 0 Å². The van der Waals surface area contributed by atoms with Gasteiger partial charge in [-0.3, -0.25) is 13.6 Å². The van der Waals surface area contributed by atoms with E-state index in [9.17, 15) is 0 Å². The second kappa shape index (κ2) is 11.5. The van der Waals surface area contributed by atoms with E-state index in [4.69, 9.17) is 9.90 Å². The van der Waals surface area contributed by atoms with Crippen molar-refractivity contribution in [2.75, 3.05) is 0 Å². The van der Waals surface area contributed by atoms with Crippen molar-refractivity contribution >= 4 is 14.8 Å². The number of carbonyl (C=O) groups is 1. The summed E-state index contributed by atoms with van der Waals surface area (Å²) >= 11 is 0. The second-order valence-corrected chi connectivity index (χ2v) is 5.02. The summed E-state index contributed by atoms with van der Waals surface area (Å²) in [4.78, 5) is 9.00. The molecular formula is C5H13NaO2Si. The summed E-state index contributed by atoms with van der Waals surface area (Å²) in [5.74, 6) is -0.833. The Kier molecular flexibility index (Phi) is 20.9. The molecule has 0 saturated carbocycles. The zero-order valence-electron chi connectivity index (χ0n) is 6.86. The van der Waals surface area contributed by atoms with E-state index < -0.39 is 5.97 Å². The van der Waals surface area contributed by atoms with Crippen molar-refractivity contribution in [3.63, 3.8) is 0 Å². The first-order valence-electron chi connectivity index (χ1n) is 2.43. The standard InChI is InChI=1S/C3H9Si.C2H4O2.Na/c1-4(2)3;1-2(3)4;/h1-3H3;1H3,(H,3,4);/q-1;;+1. The molecule has 4 heteroatoms. The largest absolute Gasteiger partial charge is 1.00 e. The van der Waals surface area contributed by atoms with E-state index in [1.807, 2.05) is 0 Å². The van der Waals surface area contributed by atoms with Crippen molar-refractivity contribution < 1.29 is 39.5 Å². The molecule has 0 saturated heterocycles. The normalized spacial score (nSPS) is 6.78. The fraction of sp³-hybridized carbons (Fsp3) is 0.800. The molecule has 0 aromatic carbocycles. The van der Waals surface area contributed by atoms with Crippen LogP contribution in [0.25, 0.3) is 0 Å². The van der Waals surface area contributed by atoms with Gasteiger partial charge in [-0.2, -0.15) is 19.6 Å². The average Bonchev–Trinajstić information content (AvgIpc) is 1.25. The minimum Gasteiger partial charge on any atom is -0.481 e. The minimum atomic E-state index is -0.833. The Morgan fingerprint density at radius 1 is 1.33 bits per heavy atom. The van der Waals surface area contributed by atoms with Gasteiger partial charge in [0.1, 0.15) is 0 Å². The van der Waals surface area contributed by atoms with Crippen molar-refractivity contribution in [3.05, 3.63) is 0 Å². The molecular weight excluding hydrogens is 143 g/mol. The quantitative estimate of drug-likeness (QED) is 0.432. The maximum absolute atomic E-state index is 9.00. The van der Waals surface area contributed by atoms with Crippen molar-refractivity contribution in [1.29, 1.82) is 0 Å². The van der Waals surface area contributed by atoms with Crippen LogP contribution >= 0.6 is 0 Å². The van der Waals surface area contributed by atoms with Crippen LogP contribution in [0.2, 0.25) is 19.6 Å². The van der Waals surface area contributed by atoms with Crippen LogP contribution in [-0.4, -0.2) is 19.9 Å². The maximum Gasteiger partial charge on any atom is 1.00 e. The minimum absolute atomic E-state index is 0. The molecule has 0 aromatic rings. The van der Waals surface area contributed by atoms with Crippen LogP contribution < -0.4 is 29.6 Å². The molecule has 1 N–H and O–H groups in total. The first kappa shape index (κ1) is 16.3. The van der Waals surface area contributed by atoms with Crippen LogP contribution in [0.15, 0.2) is 0 Å². The van der Waals surface area contributed by atoms with Gasteiger partial charge < -0.3 is 5.11 Å². The SMILES string of the molecule is CC(=O)O.C[Si-](C)C.[Na+]. The van der Waals surface area contributed by atoms with Gasteiger partial charge in [-0.25, -0.2) is 0 Å². The third kappa shape index (κ3) is 823. The molecule has 2 nitrogen and oxygen atoms in total. The molecule has 0 aliphatic rings. The second-order valence-electron chi connectivity index (χ2n) is 2.02. The summed E-state index contributed by atoms with van der Waals surface area (Å²) in [6, 6.07) is 0. The molecule has 0 aliphatic carbocycles. The molecule has 50 valence electrons. The van der Waals surface area contributed by atoms with E-state index in [0.29, 0.717) is 0 Å². The Balaban J connectivity index is -0.0000000720. The fourth-order valence-corrected chi connectivity index (χ4v) is 0. The Morgan fingerprint density at radius 2 is 1.33 bits per heavy atom. The Bertz CT molecular complexity index is 59.2. The molecule has 0 aromatic heterocycles. The Hall–Kier alpha value is 0.687. The van der Waals surface area contributed by atoms with Gasteiger partial charge in [-0.05, 0) is 0 Å². The first-order chi connectivity index (χ1) is 3.46. The Labute approximate surface area is 80.6 Å². The van der Waals surface area contributed by atoms with E-state index in [-0.39, 0.29) is 38.4 Å². The van der Waals surface area contributed by atoms with E-state index in [0.717, 1.165) is 6.92 Å². The van der Waals surface area contributed by atoms with E-state index in [2.05, 4.69) is 19.6 Å². The third-order valence-electron chi connectivity index (χ3n) is 0. The van der Waals surface area contributed by atoms with Crippen molar-refractivity contribution in [2.45, 2.75) is 26.6 Å². The van der Waals surface area contributed by atoms with Crippen LogP contribution in [0.5, 0.6) is 0 Å². The fourth-order valence-electron chi connectivity index (χ4n) is 0. The summed E-state index contributed by atoms with van der Waals surface area (Å²) in [5.41, 5.74) is 0. The number of aliphatic carboxylic acids is 1. The van der Waals surface area contributed by atoms with E-state index in [1.54, 1.807) is 0 Å². The molecule has 0 spiro atoms. The number of hydrogen-bond acceptors (Lipinski definition) is 1. The van der Waals surface area contributed by atoms with Crippen LogP contribution in [0.4, 0.5) is 0 Å². The Morgan fingerprint density at radius 3 is 1.33 bits per heavy atom. The van der Waals surface area contributed by atoms with Gasteiger partial charge in [-0.15, -0.1) is 0 Å². The van der Waals surface area contributed by atoms with Crippen molar-refractivity contribution in [2.24, 2.45) is 0 Å². The van der Waals surface area contributed by atoms with Crippen LogP contribution in [0, 0.1) is 0 Å². The van der Waals surface area contributed by atoms with Gasteiger partial charge in [0.15, 0.2) is 0 Å². The number of rotatable bonds is 0. The maximum atomic E-state index is 9.00. The zero-order chi connectivity index (χ0) is 7.15. The molecule has 0 atom stereocenters. The molecule has 0 fully saturated rings. The molecule has 0 amide bonds. The molecule has 0 rings (SSSR count). The van der Waals surface area contributed by atoms with Gasteiger partial charge in [0.25, 0.3) is 5.97 Å². The summed E-state index contributed by atoms with van der Waals surface area (Å²) < 4.78 is 0. The zero-order valence-corrected chi connectivity index (χ0v) is 9.86. The molecule has 0 aliphatic heterocycles. The molecule has 0 bridgehead atoms. The monoisotopic (exact) mass is 156 g/mol. The van der Waals surface area contributed by atoms with Gasteiger partial charge in [0, 0.05) is 6.92 Å². The summed E-state index contributed by atoms with van der Waals surface area (Å²) in [6.45, 7) is 7.89. The van der Waals surface area contributed by atoms with Gasteiger partial charge in [-0.1, -0.05) is 0 Å². The molecule has 0 heterocycles. The van der Waals surface area contributed by atoms with E-state index >= 15 is 0 Å². The number of carboxylic acids is 1.